The van der Waals surface area contributed by atoms with Crippen LogP contribution in [0.5, 0.6) is 5.75 Å². The number of sulfonamides is 1. The van der Waals surface area contributed by atoms with Crippen LogP contribution in [0.1, 0.15) is 27.0 Å². The third-order valence-electron chi connectivity index (χ3n) is 8.27. The Labute approximate surface area is 379 Å². The summed E-state index contributed by atoms with van der Waals surface area (Å²) in [6, 6.07) is 26.0. The first-order valence-electron chi connectivity index (χ1n) is 16.9. The minimum absolute atomic E-state index is 0. The van der Waals surface area contributed by atoms with Crippen LogP contribution in [0.2, 0.25) is 0 Å². The fraction of sp³-hybridized carbons (Fsp3) is 0.108. The number of hydrogen-bond acceptors (Lipinski definition) is 17. The number of nitrogens with zero attached hydrogens (tertiary/aromatic N) is 4. The average molecular weight is 987 g/mol. The van der Waals surface area contributed by atoms with E-state index < -0.39 is 59.7 Å². The van der Waals surface area contributed by atoms with Crippen LogP contribution >= 0.6 is 0 Å². The Morgan fingerprint density at radius 1 is 0.855 bits per heavy atom. The number of benzene rings is 6. The SMILES string of the molecule is Cc1cccc(C(=O)O)c1NS(=O)(=O)COS(=O)O.Nc1ccc2cc(S(=O)(=O)O)c(N=Nc3ccc(N=Nc4cc(COO)cc(COO)c4)c4cc[c-]cc34)c(O)c2c1.[Y]. The standard InChI is InChI=1S/C28H22N5O8S.C9H11NO7S2.Y/c29-19-6-5-18-12-26(42(37,38)39)27(28(34)23(18)13-19)33-32-25-8-7-24(21-3-1-2-4-22(21)25)31-30-20-10-16(14-40-35)9-17(11-20)15-41-36;1-6-3-2-4-7(9(11)12)8(6)10-19(15,16)5-17-18(13)14;/h1,3-13,34-36H,14-15,29H2,(H,37,38,39);2-4,10H,5H2,1H3,(H,11,12)(H,13,14);/q-1;;. The summed E-state index contributed by atoms with van der Waals surface area (Å²) in [4.78, 5) is 18.7. The molecule has 1 radical (unpaired) electrons. The molecule has 323 valence electrons. The van der Waals surface area contributed by atoms with E-state index in [1.165, 1.54) is 49.4 Å². The summed E-state index contributed by atoms with van der Waals surface area (Å²) in [7, 11) is -8.88. The number of anilines is 2. The van der Waals surface area contributed by atoms with E-state index >= 15 is 0 Å². The van der Waals surface area contributed by atoms with Gasteiger partial charge in [0.2, 0.25) is 0 Å². The largest absolute Gasteiger partial charge is 0.505 e. The molecule has 0 saturated heterocycles. The van der Waals surface area contributed by atoms with Gasteiger partial charge in [0, 0.05) is 49.5 Å². The number of nitrogens with two attached hydrogens (primary N) is 1. The molecule has 0 aliphatic heterocycles. The zero-order valence-electron chi connectivity index (χ0n) is 31.8. The van der Waals surface area contributed by atoms with Crippen molar-refractivity contribution in [2.45, 2.75) is 25.0 Å². The Kier molecular flexibility index (Phi) is 17.3. The van der Waals surface area contributed by atoms with Crippen molar-refractivity contribution in [2.24, 2.45) is 20.5 Å². The molecule has 0 bridgehead atoms. The van der Waals surface area contributed by atoms with Gasteiger partial charge in [0.1, 0.15) is 23.8 Å². The van der Waals surface area contributed by atoms with E-state index in [9.17, 15) is 35.5 Å². The van der Waals surface area contributed by atoms with Crippen LogP contribution in [0.25, 0.3) is 21.5 Å². The average Bonchev–Trinajstić information content (AvgIpc) is 3.20. The van der Waals surface area contributed by atoms with Gasteiger partial charge in [0.05, 0.1) is 22.6 Å². The number of carboxylic acids is 1. The van der Waals surface area contributed by atoms with Crippen molar-refractivity contribution in [1.29, 1.82) is 0 Å². The van der Waals surface area contributed by atoms with Crippen LogP contribution in [0.4, 0.5) is 34.1 Å². The van der Waals surface area contributed by atoms with Crippen LogP contribution < -0.4 is 10.5 Å². The van der Waals surface area contributed by atoms with Gasteiger partial charge < -0.3 is 15.9 Å². The van der Waals surface area contributed by atoms with Crippen molar-refractivity contribution in [3.63, 3.8) is 0 Å². The van der Waals surface area contributed by atoms with Gasteiger partial charge in [-0.25, -0.2) is 23.0 Å². The zero-order valence-corrected chi connectivity index (χ0v) is 37.1. The molecule has 62 heavy (non-hydrogen) atoms. The second-order valence-electron chi connectivity index (χ2n) is 12.5. The van der Waals surface area contributed by atoms with E-state index in [0.29, 0.717) is 55.6 Å². The number of nitrogens with one attached hydrogen (secondary N) is 1. The Hall–Kier alpha value is -5.22. The maximum atomic E-state index is 12.1. The van der Waals surface area contributed by atoms with Gasteiger partial charge >= 0.3 is 17.3 Å². The summed E-state index contributed by atoms with van der Waals surface area (Å²) >= 11 is -2.73. The van der Waals surface area contributed by atoms with Gasteiger partial charge in [-0.05, 0) is 77.5 Å². The number of aromatic hydroxyl groups is 1. The Balaban J connectivity index is 0.000000356. The first-order valence-corrected chi connectivity index (χ1v) is 21.0. The van der Waals surface area contributed by atoms with Crippen LogP contribution in [-0.2, 0) is 91.4 Å². The van der Waals surface area contributed by atoms with Gasteiger partial charge in [-0.1, -0.05) is 35.0 Å². The van der Waals surface area contributed by atoms with E-state index in [-0.39, 0.29) is 62.6 Å². The Morgan fingerprint density at radius 2 is 1.50 bits per heavy atom. The van der Waals surface area contributed by atoms with Crippen LogP contribution in [-0.4, -0.2) is 62.8 Å². The van der Waals surface area contributed by atoms with Gasteiger partial charge in [-0.3, -0.25) is 28.5 Å². The second-order valence-corrected chi connectivity index (χ2v) is 16.3. The summed E-state index contributed by atoms with van der Waals surface area (Å²) in [5.74, 6) is -2.88. The number of aromatic carboxylic acids is 1. The molecule has 0 amide bonds. The van der Waals surface area contributed by atoms with Gasteiger partial charge in [-0.2, -0.15) is 52.2 Å². The molecule has 21 nitrogen and oxygen atoms in total. The summed E-state index contributed by atoms with van der Waals surface area (Å²) in [5, 5.41) is 56.0. The van der Waals surface area contributed by atoms with Gasteiger partial charge in [-0.15, -0.1) is 5.11 Å². The summed E-state index contributed by atoms with van der Waals surface area (Å²) in [6.07, 6.45) is 0. The number of rotatable bonds is 15. The van der Waals surface area contributed by atoms with E-state index in [1.54, 1.807) is 48.5 Å². The van der Waals surface area contributed by atoms with Crippen molar-refractivity contribution < 1.29 is 102 Å². The molecule has 0 saturated carbocycles. The predicted octanol–water partition coefficient (Wildman–Crippen LogP) is 7.68. The third kappa shape index (κ3) is 12.9. The Morgan fingerprint density at radius 3 is 2.11 bits per heavy atom. The molecule has 0 heterocycles. The number of hydrogen-bond donors (Lipinski definition) is 8. The normalized spacial score (nSPS) is 12.3. The molecule has 0 aliphatic rings. The molecular formula is C37H33N6O15S3Y-. The number of phenolic OH excluding ortho intramolecular Hbond substituents is 1. The molecule has 6 rings (SSSR count). The molecule has 6 aromatic carbocycles. The van der Waals surface area contributed by atoms with Crippen LogP contribution in [0, 0.1) is 13.0 Å². The number of para-hydroxylation sites is 1. The molecule has 1 unspecified atom stereocenters. The first-order chi connectivity index (χ1) is 28.9. The van der Waals surface area contributed by atoms with E-state index in [2.05, 4.69) is 40.5 Å². The number of azo groups is 2. The minimum Gasteiger partial charge on any atom is -0.505 e. The summed E-state index contributed by atoms with van der Waals surface area (Å²) in [5.41, 5.74) is 8.04. The van der Waals surface area contributed by atoms with Crippen LogP contribution in [0.15, 0.2) is 116 Å². The van der Waals surface area contributed by atoms with Crippen molar-refractivity contribution in [3.05, 3.63) is 119 Å². The molecule has 0 spiro atoms. The number of fused-ring (bicyclic) bond motifs is 2. The van der Waals surface area contributed by atoms with E-state index in [0.717, 1.165) is 0 Å². The zero-order chi connectivity index (χ0) is 44.5. The number of nitrogen functional groups attached to an aromatic ring is 1. The smallest absolute Gasteiger partial charge is 0.337 e. The number of carboxylic acid groups (broad SMARTS) is 1. The topological polar surface area (TPSA) is 339 Å². The van der Waals surface area contributed by atoms with Crippen molar-refractivity contribution in [2.75, 3.05) is 16.4 Å². The predicted molar refractivity (Wildman–Crippen MR) is 220 cm³/mol. The summed E-state index contributed by atoms with van der Waals surface area (Å²) < 4.78 is 81.9. The van der Waals surface area contributed by atoms with Crippen molar-refractivity contribution in [3.8, 4) is 5.75 Å². The molecule has 25 heteroatoms. The fourth-order valence-electron chi connectivity index (χ4n) is 5.63. The molecule has 9 N–H and O–H groups in total. The molecule has 1 atom stereocenters. The van der Waals surface area contributed by atoms with Gasteiger partial charge in [0.25, 0.3) is 20.1 Å². The Bertz CT molecular complexity index is 2910. The maximum Gasteiger partial charge on any atom is 0.337 e. The number of aryl methyl sites for hydroxylation is 1. The maximum absolute atomic E-state index is 12.1. The number of phenols is 1. The molecule has 0 aromatic heterocycles. The molecular weight excluding hydrogens is 954 g/mol. The first kappa shape index (κ1) is 49.4. The minimum atomic E-state index is -4.78. The van der Waals surface area contributed by atoms with E-state index in [1.807, 2.05) is 4.72 Å². The second kappa shape index (κ2) is 21.7. The number of carbonyl (C=O) groups is 1. The molecule has 0 fully saturated rings. The monoisotopic (exact) mass is 986 g/mol. The molecule has 0 aliphatic carbocycles. The third-order valence-corrected chi connectivity index (χ3v) is 10.5. The van der Waals surface area contributed by atoms with E-state index in [4.69, 9.17) is 25.9 Å². The summed E-state index contributed by atoms with van der Waals surface area (Å²) in [6.45, 7) is 1.30. The molecule has 6 aromatic rings. The quantitative estimate of drug-likeness (QED) is 0.00930. The van der Waals surface area contributed by atoms with Crippen LogP contribution in [0.3, 0.4) is 0 Å². The van der Waals surface area contributed by atoms with Gasteiger partial charge in [0.15, 0.2) is 11.7 Å². The van der Waals surface area contributed by atoms with Crippen molar-refractivity contribution in [1.82, 2.24) is 0 Å². The van der Waals surface area contributed by atoms with Crippen molar-refractivity contribution >= 4 is 93.1 Å². The fourth-order valence-corrected chi connectivity index (χ4v) is 7.77.